The largest absolute Gasteiger partial charge is 0.356 e. The van der Waals surface area contributed by atoms with Crippen molar-refractivity contribution in [1.29, 1.82) is 0 Å². The molecule has 0 saturated heterocycles. The normalized spacial score (nSPS) is 11.6. The van der Waals surface area contributed by atoms with Gasteiger partial charge in [0.1, 0.15) is 0 Å². The third kappa shape index (κ3) is 1.78. The number of hydrogen-bond acceptors (Lipinski definition) is 2. The van der Waals surface area contributed by atoms with E-state index in [-0.39, 0.29) is 10.9 Å². The second-order valence-corrected chi connectivity index (χ2v) is 4.95. The summed E-state index contributed by atoms with van der Waals surface area (Å²) >= 11 is 0. The molecule has 0 aliphatic heterocycles. The van der Waals surface area contributed by atoms with Crippen molar-refractivity contribution in [2.75, 3.05) is 0 Å². The van der Waals surface area contributed by atoms with Gasteiger partial charge in [0.2, 0.25) is 0 Å². The molecule has 0 aromatic heterocycles. The van der Waals surface area contributed by atoms with Gasteiger partial charge in [-0.25, -0.2) is 0 Å². The molecule has 0 atom stereocenters. The molecule has 2 aromatic rings. The maximum Gasteiger partial charge on any atom is 0.356 e. The molecular formula is C11H9O4P. The topological polar surface area (TPSA) is 74.6 Å². The molecule has 4 nitrogen and oxygen atoms in total. The Morgan fingerprint density at radius 1 is 1.06 bits per heavy atom. The van der Waals surface area contributed by atoms with Gasteiger partial charge in [-0.05, 0) is 16.8 Å². The molecule has 2 N–H and O–H groups in total. The van der Waals surface area contributed by atoms with Crippen LogP contribution in [-0.2, 0) is 4.57 Å². The number of carbonyl (C=O) groups is 1. The second kappa shape index (κ2) is 3.83. The van der Waals surface area contributed by atoms with Crippen LogP contribution in [0.3, 0.4) is 0 Å². The molecule has 0 bridgehead atoms. The average Bonchev–Trinajstić information content (AvgIpc) is 2.26. The molecule has 5 heteroatoms. The fourth-order valence-electron chi connectivity index (χ4n) is 1.66. The summed E-state index contributed by atoms with van der Waals surface area (Å²) < 4.78 is 11.2. The minimum absolute atomic E-state index is 0.0615. The van der Waals surface area contributed by atoms with E-state index in [1.807, 2.05) is 0 Å². The van der Waals surface area contributed by atoms with Crippen molar-refractivity contribution >= 4 is 30.0 Å². The second-order valence-electron chi connectivity index (χ2n) is 3.38. The van der Waals surface area contributed by atoms with Gasteiger partial charge in [0.15, 0.2) is 6.29 Å². The van der Waals surface area contributed by atoms with Crippen molar-refractivity contribution in [3.8, 4) is 0 Å². The Labute approximate surface area is 91.7 Å². The zero-order chi connectivity index (χ0) is 11.8. The highest BCUT2D eigenvalue weighted by Gasteiger charge is 2.22. The number of hydrogen-bond donors (Lipinski definition) is 2. The zero-order valence-corrected chi connectivity index (χ0v) is 9.09. The molecule has 0 aliphatic carbocycles. The number of aldehydes is 1. The monoisotopic (exact) mass is 236 g/mol. The summed E-state index contributed by atoms with van der Waals surface area (Å²) in [5.74, 6) is 0. The van der Waals surface area contributed by atoms with Gasteiger partial charge < -0.3 is 9.79 Å². The van der Waals surface area contributed by atoms with Gasteiger partial charge in [-0.3, -0.25) is 9.36 Å². The van der Waals surface area contributed by atoms with Gasteiger partial charge in [0.25, 0.3) is 0 Å². The minimum atomic E-state index is -4.41. The third-order valence-corrected chi connectivity index (χ3v) is 3.40. The average molecular weight is 236 g/mol. The Bertz CT molecular complexity index is 600. The van der Waals surface area contributed by atoms with Crippen molar-refractivity contribution in [2.45, 2.75) is 0 Å². The molecule has 0 unspecified atom stereocenters. The summed E-state index contributed by atoms with van der Waals surface area (Å²) in [6, 6.07) is 9.86. The van der Waals surface area contributed by atoms with Gasteiger partial charge in [-0.1, -0.05) is 30.3 Å². The van der Waals surface area contributed by atoms with E-state index in [2.05, 4.69) is 0 Å². The van der Waals surface area contributed by atoms with Gasteiger partial charge in [0, 0.05) is 5.56 Å². The predicted molar refractivity (Wildman–Crippen MR) is 61.0 cm³/mol. The van der Waals surface area contributed by atoms with Gasteiger partial charge in [-0.15, -0.1) is 0 Å². The molecule has 0 saturated carbocycles. The summed E-state index contributed by atoms with van der Waals surface area (Å²) in [6.45, 7) is 0. The zero-order valence-electron chi connectivity index (χ0n) is 8.20. The first-order valence-electron chi connectivity index (χ1n) is 4.57. The Kier molecular flexibility index (Phi) is 2.64. The number of fused-ring (bicyclic) bond motifs is 1. The quantitative estimate of drug-likeness (QED) is 0.611. The van der Waals surface area contributed by atoms with E-state index in [4.69, 9.17) is 9.79 Å². The van der Waals surface area contributed by atoms with E-state index in [0.29, 0.717) is 11.7 Å². The molecule has 2 rings (SSSR count). The lowest BCUT2D eigenvalue weighted by molar-refractivity contribution is 0.112. The smallest absolute Gasteiger partial charge is 0.321 e. The molecule has 16 heavy (non-hydrogen) atoms. The van der Waals surface area contributed by atoms with Crippen LogP contribution in [0.2, 0.25) is 0 Å². The van der Waals surface area contributed by atoms with E-state index in [9.17, 15) is 9.36 Å². The fraction of sp³-hybridized carbons (Fsp3) is 0. The molecule has 0 heterocycles. The van der Waals surface area contributed by atoms with Crippen molar-refractivity contribution < 1.29 is 19.1 Å². The van der Waals surface area contributed by atoms with Crippen LogP contribution in [0.25, 0.3) is 10.8 Å². The third-order valence-electron chi connectivity index (χ3n) is 2.38. The lowest BCUT2D eigenvalue weighted by Crippen LogP contribution is -2.10. The first kappa shape index (κ1) is 11.0. The number of benzene rings is 2. The molecule has 82 valence electrons. The lowest BCUT2D eigenvalue weighted by atomic mass is 10.1. The molecule has 0 amide bonds. The van der Waals surface area contributed by atoms with Crippen molar-refractivity contribution in [1.82, 2.24) is 0 Å². The summed E-state index contributed by atoms with van der Waals surface area (Å²) in [6.07, 6.45) is 0.483. The predicted octanol–water partition coefficient (Wildman–Crippen LogP) is 1.46. The molecular weight excluding hydrogens is 227 g/mol. The van der Waals surface area contributed by atoms with Crippen LogP contribution < -0.4 is 5.30 Å². The molecule has 2 aromatic carbocycles. The van der Waals surface area contributed by atoms with E-state index < -0.39 is 7.60 Å². The Morgan fingerprint density at radius 3 is 2.38 bits per heavy atom. The van der Waals surface area contributed by atoms with E-state index in [1.54, 1.807) is 30.3 Å². The summed E-state index contributed by atoms with van der Waals surface area (Å²) in [5, 5.41) is 1.11. The van der Waals surface area contributed by atoms with Crippen LogP contribution >= 0.6 is 7.60 Å². The summed E-state index contributed by atoms with van der Waals surface area (Å²) in [5.41, 5.74) is 0.0615. The van der Waals surface area contributed by atoms with Crippen molar-refractivity contribution in [3.63, 3.8) is 0 Å². The maximum atomic E-state index is 11.2. The van der Waals surface area contributed by atoms with Crippen molar-refractivity contribution in [2.24, 2.45) is 0 Å². The van der Waals surface area contributed by atoms with Crippen LogP contribution in [0.4, 0.5) is 0 Å². The first-order valence-corrected chi connectivity index (χ1v) is 6.18. The van der Waals surface area contributed by atoms with Crippen LogP contribution in [0.5, 0.6) is 0 Å². The Balaban J connectivity index is 2.89. The highest BCUT2D eigenvalue weighted by atomic mass is 31.2. The number of rotatable bonds is 2. The van der Waals surface area contributed by atoms with Crippen LogP contribution in [0.15, 0.2) is 36.4 Å². The fourth-order valence-corrected chi connectivity index (χ4v) is 2.42. The highest BCUT2D eigenvalue weighted by molar-refractivity contribution is 7.60. The van der Waals surface area contributed by atoms with Crippen LogP contribution in [-0.4, -0.2) is 16.1 Å². The van der Waals surface area contributed by atoms with Gasteiger partial charge >= 0.3 is 7.60 Å². The summed E-state index contributed by atoms with van der Waals surface area (Å²) in [7, 11) is -4.41. The van der Waals surface area contributed by atoms with Crippen LogP contribution in [0.1, 0.15) is 10.4 Å². The lowest BCUT2D eigenvalue weighted by Gasteiger charge is -2.09. The Hall–Kier alpha value is -1.48. The molecule has 0 fully saturated rings. The first-order chi connectivity index (χ1) is 7.54. The van der Waals surface area contributed by atoms with Gasteiger partial charge in [0.05, 0.1) is 5.30 Å². The van der Waals surface area contributed by atoms with E-state index in [0.717, 1.165) is 5.39 Å². The SMILES string of the molecule is O=Cc1c(P(=O)(O)O)ccc2ccccc12. The van der Waals surface area contributed by atoms with E-state index >= 15 is 0 Å². The highest BCUT2D eigenvalue weighted by Crippen LogP contribution is 2.36. The van der Waals surface area contributed by atoms with Crippen LogP contribution in [0, 0.1) is 0 Å². The van der Waals surface area contributed by atoms with E-state index in [1.165, 1.54) is 6.07 Å². The molecule has 0 spiro atoms. The standard InChI is InChI=1S/C11H9O4P/c12-7-10-9-4-2-1-3-8(9)5-6-11(10)16(13,14)15/h1-7H,(H2,13,14,15). The Morgan fingerprint density at radius 2 is 1.75 bits per heavy atom. The van der Waals surface area contributed by atoms with Gasteiger partial charge in [-0.2, -0.15) is 0 Å². The molecule has 0 radical (unpaired) electrons. The maximum absolute atomic E-state index is 11.2. The van der Waals surface area contributed by atoms with Crippen molar-refractivity contribution in [3.05, 3.63) is 42.0 Å². The molecule has 0 aliphatic rings. The summed E-state index contributed by atoms with van der Waals surface area (Å²) in [4.78, 5) is 29.2. The number of carbonyl (C=O) groups excluding carboxylic acids is 1. The minimum Gasteiger partial charge on any atom is -0.321 e.